The fourth-order valence-corrected chi connectivity index (χ4v) is 2.83. The van der Waals surface area contributed by atoms with E-state index in [0.29, 0.717) is 17.3 Å². The first-order valence-corrected chi connectivity index (χ1v) is 7.21. The highest BCUT2D eigenvalue weighted by atomic mass is 19.1. The van der Waals surface area contributed by atoms with Crippen molar-refractivity contribution >= 4 is 17.7 Å². The SMILES string of the molecule is CCN1CCN(c2c(F)cccc2/C=C/C(=O)O)CC1C. The van der Waals surface area contributed by atoms with Gasteiger partial charge in [-0.05, 0) is 25.6 Å². The number of aliphatic carboxylic acids is 1. The van der Waals surface area contributed by atoms with E-state index in [2.05, 4.69) is 18.7 Å². The Morgan fingerprint density at radius 1 is 1.48 bits per heavy atom. The summed E-state index contributed by atoms with van der Waals surface area (Å²) in [6.45, 7) is 7.60. The van der Waals surface area contributed by atoms with Gasteiger partial charge in [-0.2, -0.15) is 0 Å². The number of para-hydroxylation sites is 1. The number of hydrogen-bond donors (Lipinski definition) is 1. The van der Waals surface area contributed by atoms with E-state index in [1.54, 1.807) is 12.1 Å². The molecule has 5 heteroatoms. The summed E-state index contributed by atoms with van der Waals surface area (Å²) in [5, 5.41) is 8.75. The summed E-state index contributed by atoms with van der Waals surface area (Å²) in [7, 11) is 0. The van der Waals surface area contributed by atoms with Gasteiger partial charge in [0, 0.05) is 37.3 Å². The monoisotopic (exact) mass is 292 g/mol. The maximum absolute atomic E-state index is 14.2. The predicted molar refractivity (Wildman–Crippen MR) is 82.0 cm³/mol. The number of hydrogen-bond acceptors (Lipinski definition) is 3. The Balaban J connectivity index is 2.29. The summed E-state index contributed by atoms with van der Waals surface area (Å²) in [4.78, 5) is 15.0. The molecule has 0 bridgehead atoms. The van der Waals surface area contributed by atoms with Gasteiger partial charge in [0.05, 0.1) is 5.69 Å². The number of rotatable bonds is 4. The Kier molecular flexibility index (Phi) is 4.96. The van der Waals surface area contributed by atoms with Crippen molar-refractivity contribution in [3.05, 3.63) is 35.7 Å². The van der Waals surface area contributed by atoms with Crippen molar-refractivity contribution in [1.29, 1.82) is 0 Å². The molecular weight excluding hydrogens is 271 g/mol. The molecule has 1 aromatic carbocycles. The molecule has 1 saturated heterocycles. The van der Waals surface area contributed by atoms with E-state index in [9.17, 15) is 9.18 Å². The van der Waals surface area contributed by atoms with Crippen LogP contribution in [0, 0.1) is 5.82 Å². The first-order chi connectivity index (χ1) is 10.0. The quantitative estimate of drug-likeness (QED) is 0.866. The first kappa shape index (κ1) is 15.5. The van der Waals surface area contributed by atoms with Crippen LogP contribution in [-0.2, 0) is 4.79 Å². The zero-order valence-corrected chi connectivity index (χ0v) is 12.4. The molecular formula is C16H21FN2O2. The summed E-state index contributed by atoms with van der Waals surface area (Å²) in [6, 6.07) is 5.12. The lowest BCUT2D eigenvalue weighted by molar-refractivity contribution is -0.131. The Hall–Kier alpha value is -1.88. The summed E-state index contributed by atoms with van der Waals surface area (Å²) in [5.74, 6) is -1.34. The van der Waals surface area contributed by atoms with E-state index in [1.165, 1.54) is 12.1 Å². The Labute approximate surface area is 124 Å². The summed E-state index contributed by atoms with van der Waals surface area (Å²) >= 11 is 0. The summed E-state index contributed by atoms with van der Waals surface area (Å²) < 4.78 is 14.2. The minimum absolute atomic E-state index is 0.306. The Morgan fingerprint density at radius 2 is 2.24 bits per heavy atom. The highest BCUT2D eigenvalue weighted by Crippen LogP contribution is 2.28. The third kappa shape index (κ3) is 3.61. The number of halogens is 1. The summed E-state index contributed by atoms with van der Waals surface area (Å²) in [5.41, 5.74) is 1.10. The van der Waals surface area contributed by atoms with Gasteiger partial charge >= 0.3 is 5.97 Å². The zero-order valence-electron chi connectivity index (χ0n) is 12.4. The van der Waals surface area contributed by atoms with Crippen molar-refractivity contribution in [2.75, 3.05) is 31.1 Å². The second-order valence-corrected chi connectivity index (χ2v) is 5.27. The molecule has 114 valence electrons. The van der Waals surface area contributed by atoms with E-state index < -0.39 is 5.97 Å². The largest absolute Gasteiger partial charge is 0.478 e. The van der Waals surface area contributed by atoms with Gasteiger partial charge in [0.2, 0.25) is 0 Å². The van der Waals surface area contributed by atoms with Crippen LogP contribution in [0.15, 0.2) is 24.3 Å². The second kappa shape index (κ2) is 6.72. The smallest absolute Gasteiger partial charge is 0.328 e. The number of carboxylic acids is 1. The average molecular weight is 292 g/mol. The minimum Gasteiger partial charge on any atom is -0.478 e. The minimum atomic E-state index is -1.03. The van der Waals surface area contributed by atoms with E-state index in [4.69, 9.17) is 5.11 Å². The van der Waals surface area contributed by atoms with Gasteiger partial charge in [0.15, 0.2) is 0 Å². The van der Waals surface area contributed by atoms with Crippen LogP contribution in [0.5, 0.6) is 0 Å². The first-order valence-electron chi connectivity index (χ1n) is 7.21. The van der Waals surface area contributed by atoms with Crippen LogP contribution < -0.4 is 4.90 Å². The number of carboxylic acid groups (broad SMARTS) is 1. The Bertz CT molecular complexity index is 545. The van der Waals surface area contributed by atoms with Gasteiger partial charge in [0.25, 0.3) is 0 Å². The molecule has 1 aliphatic rings. The van der Waals surface area contributed by atoms with Crippen molar-refractivity contribution in [2.45, 2.75) is 19.9 Å². The normalized spacial score (nSPS) is 20.1. The lowest BCUT2D eigenvalue weighted by Crippen LogP contribution is -2.52. The van der Waals surface area contributed by atoms with Gasteiger partial charge in [-0.15, -0.1) is 0 Å². The van der Waals surface area contributed by atoms with Gasteiger partial charge in [0.1, 0.15) is 5.82 Å². The molecule has 1 fully saturated rings. The van der Waals surface area contributed by atoms with Crippen LogP contribution in [0.25, 0.3) is 6.08 Å². The van der Waals surface area contributed by atoms with Crippen LogP contribution in [-0.4, -0.2) is 48.2 Å². The summed E-state index contributed by atoms with van der Waals surface area (Å²) in [6.07, 6.45) is 2.50. The van der Waals surface area contributed by atoms with Gasteiger partial charge < -0.3 is 10.0 Å². The van der Waals surface area contributed by atoms with Crippen molar-refractivity contribution in [3.63, 3.8) is 0 Å². The molecule has 1 aliphatic heterocycles. The molecule has 4 nitrogen and oxygen atoms in total. The topological polar surface area (TPSA) is 43.8 Å². The third-order valence-electron chi connectivity index (χ3n) is 3.91. The highest BCUT2D eigenvalue weighted by Gasteiger charge is 2.25. The van der Waals surface area contributed by atoms with Gasteiger partial charge in [-0.3, -0.25) is 4.90 Å². The average Bonchev–Trinajstić information content (AvgIpc) is 2.45. The molecule has 1 unspecified atom stereocenters. The van der Waals surface area contributed by atoms with Crippen LogP contribution in [0.3, 0.4) is 0 Å². The standard InChI is InChI=1S/C16H21FN2O2/c1-3-18-9-10-19(11-12(18)2)16-13(7-8-15(20)21)5-4-6-14(16)17/h4-8,12H,3,9-11H2,1-2H3,(H,20,21)/b8-7+. The molecule has 1 atom stereocenters. The van der Waals surface area contributed by atoms with Crippen LogP contribution >= 0.6 is 0 Å². The molecule has 21 heavy (non-hydrogen) atoms. The fraction of sp³-hybridized carbons (Fsp3) is 0.438. The highest BCUT2D eigenvalue weighted by molar-refractivity contribution is 5.87. The molecule has 0 aromatic heterocycles. The number of carbonyl (C=O) groups is 1. The van der Waals surface area contributed by atoms with Crippen molar-refractivity contribution in [1.82, 2.24) is 4.90 Å². The van der Waals surface area contributed by atoms with E-state index in [0.717, 1.165) is 32.3 Å². The lowest BCUT2D eigenvalue weighted by Gasteiger charge is -2.41. The van der Waals surface area contributed by atoms with Crippen molar-refractivity contribution in [2.24, 2.45) is 0 Å². The molecule has 2 rings (SSSR count). The number of piperazine rings is 1. The molecule has 1 aromatic rings. The van der Waals surface area contributed by atoms with E-state index >= 15 is 0 Å². The molecule has 0 saturated carbocycles. The lowest BCUT2D eigenvalue weighted by atomic mass is 10.1. The Morgan fingerprint density at radius 3 is 2.86 bits per heavy atom. The molecule has 0 radical (unpaired) electrons. The van der Waals surface area contributed by atoms with Crippen LogP contribution in [0.4, 0.5) is 10.1 Å². The maximum Gasteiger partial charge on any atom is 0.328 e. The number of benzene rings is 1. The molecule has 0 spiro atoms. The molecule has 1 N–H and O–H groups in total. The van der Waals surface area contributed by atoms with Crippen LogP contribution in [0.1, 0.15) is 19.4 Å². The molecule has 0 aliphatic carbocycles. The van der Waals surface area contributed by atoms with Gasteiger partial charge in [-0.25, -0.2) is 9.18 Å². The van der Waals surface area contributed by atoms with E-state index in [-0.39, 0.29) is 5.82 Å². The van der Waals surface area contributed by atoms with E-state index in [1.807, 2.05) is 4.90 Å². The molecule has 0 amide bonds. The third-order valence-corrected chi connectivity index (χ3v) is 3.91. The number of nitrogens with zero attached hydrogens (tertiary/aromatic N) is 2. The second-order valence-electron chi connectivity index (χ2n) is 5.27. The maximum atomic E-state index is 14.2. The number of likely N-dealkylation sites (N-methyl/N-ethyl adjacent to an activating group) is 1. The van der Waals surface area contributed by atoms with Crippen LogP contribution in [0.2, 0.25) is 0 Å². The molecule has 1 heterocycles. The predicted octanol–water partition coefficient (Wildman–Crippen LogP) is 2.45. The van der Waals surface area contributed by atoms with Gasteiger partial charge in [-0.1, -0.05) is 19.1 Å². The van der Waals surface area contributed by atoms with Crippen molar-refractivity contribution < 1.29 is 14.3 Å². The zero-order chi connectivity index (χ0) is 15.4. The fourth-order valence-electron chi connectivity index (χ4n) is 2.83. The van der Waals surface area contributed by atoms with Crippen molar-refractivity contribution in [3.8, 4) is 0 Å². The number of anilines is 1.